The van der Waals surface area contributed by atoms with Gasteiger partial charge in [-0.25, -0.2) is 0 Å². The maximum absolute atomic E-state index is 11.6. The minimum atomic E-state index is -0.314. The Labute approximate surface area is 110 Å². The first-order chi connectivity index (χ1) is 8.50. The number of aryl methyl sites for hydroxylation is 1. The van der Waals surface area contributed by atoms with Crippen LogP contribution in [0.4, 0.5) is 0 Å². The molecule has 2 rings (SSSR count). The van der Waals surface area contributed by atoms with Crippen molar-refractivity contribution >= 4 is 11.8 Å². The molecule has 0 spiro atoms. The van der Waals surface area contributed by atoms with Crippen LogP contribution in [0.15, 0.2) is 22.0 Å². The standard InChI is InChI=1S/C13H15N3OS/c1-4-11-10(5-9(6-14)12(17)16-11)13(3)15-7-8(2)18-13/h5,7,15H,4H2,1-3H3,(H,16,17). The van der Waals surface area contributed by atoms with Gasteiger partial charge in [0.15, 0.2) is 0 Å². The quantitative estimate of drug-likeness (QED) is 0.856. The summed E-state index contributed by atoms with van der Waals surface area (Å²) in [4.78, 5) is 15.3. The zero-order valence-corrected chi connectivity index (χ0v) is 11.4. The van der Waals surface area contributed by atoms with E-state index in [-0.39, 0.29) is 16.0 Å². The summed E-state index contributed by atoms with van der Waals surface area (Å²) in [6.45, 7) is 6.08. The highest BCUT2D eigenvalue weighted by Gasteiger charge is 2.33. The number of aromatic amines is 1. The first-order valence-corrected chi connectivity index (χ1v) is 6.62. The molecule has 1 atom stereocenters. The van der Waals surface area contributed by atoms with Gasteiger partial charge < -0.3 is 10.3 Å². The Bertz CT molecular complexity index is 612. The molecule has 5 heteroatoms. The molecule has 1 unspecified atom stereocenters. The van der Waals surface area contributed by atoms with Crippen LogP contribution in [-0.4, -0.2) is 4.98 Å². The minimum Gasteiger partial charge on any atom is -0.372 e. The lowest BCUT2D eigenvalue weighted by atomic mass is 10.0. The summed E-state index contributed by atoms with van der Waals surface area (Å²) in [6.07, 6.45) is 2.69. The number of allylic oxidation sites excluding steroid dienone is 1. The summed E-state index contributed by atoms with van der Waals surface area (Å²) in [7, 11) is 0. The van der Waals surface area contributed by atoms with E-state index in [9.17, 15) is 4.79 Å². The molecule has 2 N–H and O–H groups in total. The fraction of sp³-hybridized carbons (Fsp3) is 0.385. The zero-order valence-electron chi connectivity index (χ0n) is 10.6. The largest absolute Gasteiger partial charge is 0.372 e. The van der Waals surface area contributed by atoms with Crippen LogP contribution in [0.2, 0.25) is 0 Å². The van der Waals surface area contributed by atoms with Crippen molar-refractivity contribution in [2.24, 2.45) is 0 Å². The SMILES string of the molecule is CCc1[nH]c(=O)c(C#N)cc1C1(C)NC=C(C)S1. The van der Waals surface area contributed by atoms with E-state index in [4.69, 9.17) is 5.26 Å². The van der Waals surface area contributed by atoms with Crippen LogP contribution >= 0.6 is 11.8 Å². The minimum absolute atomic E-state index is 0.162. The topological polar surface area (TPSA) is 68.7 Å². The van der Waals surface area contributed by atoms with Crippen LogP contribution in [-0.2, 0) is 11.3 Å². The third-order valence-corrected chi connectivity index (χ3v) is 4.21. The van der Waals surface area contributed by atoms with E-state index in [0.29, 0.717) is 0 Å². The lowest BCUT2D eigenvalue weighted by Crippen LogP contribution is -2.32. The van der Waals surface area contributed by atoms with Crippen molar-refractivity contribution in [3.8, 4) is 6.07 Å². The van der Waals surface area contributed by atoms with Gasteiger partial charge in [0.1, 0.15) is 16.5 Å². The number of aromatic nitrogens is 1. The van der Waals surface area contributed by atoms with Crippen molar-refractivity contribution in [3.05, 3.63) is 44.3 Å². The molecule has 94 valence electrons. The molecule has 2 heterocycles. The Hall–Kier alpha value is -1.67. The number of hydrogen-bond acceptors (Lipinski definition) is 4. The van der Waals surface area contributed by atoms with Gasteiger partial charge in [-0.2, -0.15) is 5.26 Å². The maximum atomic E-state index is 11.6. The fourth-order valence-electron chi connectivity index (χ4n) is 2.11. The first-order valence-electron chi connectivity index (χ1n) is 5.80. The first kappa shape index (κ1) is 12.8. The molecule has 0 amide bonds. The average Bonchev–Trinajstić information content (AvgIpc) is 2.69. The van der Waals surface area contributed by atoms with E-state index in [2.05, 4.69) is 17.2 Å². The van der Waals surface area contributed by atoms with Gasteiger partial charge in [-0.3, -0.25) is 4.79 Å². The number of H-pyrrole nitrogens is 1. The van der Waals surface area contributed by atoms with Gasteiger partial charge in [0.05, 0.1) is 0 Å². The summed E-state index contributed by atoms with van der Waals surface area (Å²) >= 11 is 1.69. The van der Waals surface area contributed by atoms with E-state index < -0.39 is 0 Å². The van der Waals surface area contributed by atoms with Gasteiger partial charge in [0.2, 0.25) is 0 Å². The van der Waals surface area contributed by atoms with Crippen LogP contribution in [0, 0.1) is 11.3 Å². The second-order valence-corrected chi connectivity index (χ2v) is 6.07. The fourth-order valence-corrected chi connectivity index (χ4v) is 3.28. The molecule has 0 aromatic carbocycles. The lowest BCUT2D eigenvalue weighted by Gasteiger charge is -2.27. The van der Waals surface area contributed by atoms with Crippen molar-refractivity contribution in [2.45, 2.75) is 32.1 Å². The van der Waals surface area contributed by atoms with Crippen LogP contribution in [0.3, 0.4) is 0 Å². The van der Waals surface area contributed by atoms with Gasteiger partial charge in [-0.1, -0.05) is 18.7 Å². The highest BCUT2D eigenvalue weighted by molar-refractivity contribution is 8.04. The Balaban J connectivity index is 2.57. The Morgan fingerprint density at radius 3 is 2.78 bits per heavy atom. The number of nitriles is 1. The zero-order chi connectivity index (χ0) is 13.3. The number of hydrogen-bond donors (Lipinski definition) is 2. The van der Waals surface area contributed by atoms with Crippen LogP contribution in [0.25, 0.3) is 0 Å². The lowest BCUT2D eigenvalue weighted by molar-refractivity contribution is 0.618. The normalized spacial score (nSPS) is 22.2. The van der Waals surface area contributed by atoms with Crippen LogP contribution in [0.1, 0.15) is 37.6 Å². The van der Waals surface area contributed by atoms with E-state index in [1.165, 1.54) is 4.91 Å². The molecule has 1 aromatic heterocycles. The molecule has 18 heavy (non-hydrogen) atoms. The number of nitrogens with one attached hydrogen (secondary N) is 2. The second kappa shape index (κ2) is 4.54. The number of thioether (sulfide) groups is 1. The highest BCUT2D eigenvalue weighted by Crippen LogP contribution is 2.43. The van der Waals surface area contributed by atoms with E-state index in [1.54, 1.807) is 17.8 Å². The molecular formula is C13H15N3OS. The molecule has 1 aromatic rings. The molecule has 0 bridgehead atoms. The highest BCUT2D eigenvalue weighted by atomic mass is 32.2. The summed E-state index contributed by atoms with van der Waals surface area (Å²) in [6, 6.07) is 3.64. The van der Waals surface area contributed by atoms with E-state index in [1.807, 2.05) is 26.1 Å². The van der Waals surface area contributed by atoms with Gasteiger partial charge in [0.25, 0.3) is 5.56 Å². The Morgan fingerprint density at radius 1 is 1.56 bits per heavy atom. The van der Waals surface area contributed by atoms with Gasteiger partial charge >= 0.3 is 0 Å². The maximum Gasteiger partial charge on any atom is 0.266 e. The molecule has 1 aliphatic heterocycles. The predicted molar refractivity (Wildman–Crippen MR) is 73.0 cm³/mol. The predicted octanol–water partition coefficient (Wildman–Crippen LogP) is 2.18. The summed E-state index contributed by atoms with van der Waals surface area (Å²) < 4.78 is 0. The molecular weight excluding hydrogens is 246 g/mol. The van der Waals surface area contributed by atoms with E-state index in [0.717, 1.165) is 17.7 Å². The van der Waals surface area contributed by atoms with Crippen molar-refractivity contribution in [2.75, 3.05) is 0 Å². The monoisotopic (exact) mass is 261 g/mol. The molecule has 0 saturated carbocycles. The molecule has 1 aliphatic rings. The molecule has 0 fully saturated rings. The van der Waals surface area contributed by atoms with Crippen LogP contribution in [0.5, 0.6) is 0 Å². The molecule has 4 nitrogen and oxygen atoms in total. The summed E-state index contributed by atoms with van der Waals surface area (Å²) in [5.74, 6) is 0. The van der Waals surface area contributed by atoms with E-state index >= 15 is 0 Å². The van der Waals surface area contributed by atoms with Gasteiger partial charge in [0, 0.05) is 22.4 Å². The number of nitrogens with zero attached hydrogens (tertiary/aromatic N) is 1. The number of pyridine rings is 1. The van der Waals surface area contributed by atoms with Crippen molar-refractivity contribution in [1.82, 2.24) is 10.3 Å². The average molecular weight is 261 g/mol. The van der Waals surface area contributed by atoms with Crippen molar-refractivity contribution in [3.63, 3.8) is 0 Å². The summed E-state index contributed by atoms with van der Waals surface area (Å²) in [5.41, 5.74) is 1.70. The third kappa shape index (κ3) is 2.04. The van der Waals surface area contributed by atoms with Crippen molar-refractivity contribution in [1.29, 1.82) is 5.26 Å². The molecule has 0 aliphatic carbocycles. The van der Waals surface area contributed by atoms with Crippen molar-refractivity contribution < 1.29 is 0 Å². The van der Waals surface area contributed by atoms with Crippen LogP contribution < -0.4 is 10.9 Å². The van der Waals surface area contributed by atoms with Gasteiger partial charge in [-0.15, -0.1) is 0 Å². The smallest absolute Gasteiger partial charge is 0.266 e. The third-order valence-electron chi connectivity index (χ3n) is 3.03. The Kier molecular flexibility index (Phi) is 3.22. The second-order valence-electron chi connectivity index (χ2n) is 4.40. The summed E-state index contributed by atoms with van der Waals surface area (Å²) in [5, 5.41) is 12.3. The molecule has 0 radical (unpaired) electrons. The Morgan fingerprint density at radius 2 is 2.28 bits per heavy atom. The molecule has 0 saturated heterocycles. The number of rotatable bonds is 2. The van der Waals surface area contributed by atoms with Gasteiger partial charge in [-0.05, 0) is 26.3 Å².